The number of carbonyl (C=O) groups excluding carboxylic acids is 1. The first-order valence-corrected chi connectivity index (χ1v) is 5.44. The van der Waals surface area contributed by atoms with Crippen LogP contribution in [-0.4, -0.2) is 17.6 Å². The Balaban J connectivity index is 2.16. The minimum atomic E-state index is 0.146. The van der Waals surface area contributed by atoms with Crippen LogP contribution in [0.4, 0.5) is 5.69 Å². The van der Waals surface area contributed by atoms with Crippen molar-refractivity contribution in [3.05, 3.63) is 12.0 Å². The van der Waals surface area contributed by atoms with E-state index in [1.807, 2.05) is 18.7 Å². The van der Waals surface area contributed by atoms with Crippen LogP contribution in [0.1, 0.15) is 31.9 Å². The fourth-order valence-corrected chi connectivity index (χ4v) is 1.64. The molecule has 0 unspecified atom stereocenters. The zero-order chi connectivity index (χ0) is 10.8. The average Bonchev–Trinajstić information content (AvgIpc) is 2.96. The second kappa shape index (κ2) is 4.04. The summed E-state index contributed by atoms with van der Waals surface area (Å²) in [7, 11) is 0. The van der Waals surface area contributed by atoms with E-state index < -0.39 is 0 Å². The van der Waals surface area contributed by atoms with Crippen LogP contribution < -0.4 is 4.90 Å². The van der Waals surface area contributed by atoms with Gasteiger partial charge < -0.3 is 9.42 Å². The van der Waals surface area contributed by atoms with Crippen LogP contribution >= 0.6 is 0 Å². The van der Waals surface area contributed by atoms with E-state index in [-0.39, 0.29) is 5.91 Å². The van der Waals surface area contributed by atoms with E-state index in [0.717, 1.165) is 18.0 Å². The molecule has 1 fully saturated rings. The van der Waals surface area contributed by atoms with Crippen LogP contribution in [0, 0.1) is 12.8 Å². The number of nitrogens with zero attached hydrogens (tertiary/aromatic N) is 2. The molecule has 1 amide bonds. The van der Waals surface area contributed by atoms with Crippen molar-refractivity contribution in [2.75, 3.05) is 11.4 Å². The van der Waals surface area contributed by atoms with Gasteiger partial charge >= 0.3 is 0 Å². The van der Waals surface area contributed by atoms with Gasteiger partial charge in [-0.15, -0.1) is 0 Å². The van der Waals surface area contributed by atoms with Crippen molar-refractivity contribution in [1.82, 2.24) is 5.16 Å². The number of aromatic nitrogens is 1. The van der Waals surface area contributed by atoms with Crippen LogP contribution in [0.3, 0.4) is 0 Å². The summed E-state index contributed by atoms with van der Waals surface area (Å²) in [5.74, 6) is 1.54. The number of carbonyl (C=O) groups is 1. The molecule has 0 spiro atoms. The molecule has 82 valence electrons. The maximum Gasteiger partial charge on any atom is 0.226 e. The first-order valence-electron chi connectivity index (χ1n) is 5.44. The first-order chi connectivity index (χ1) is 7.22. The maximum atomic E-state index is 11.8. The molecule has 0 radical (unpaired) electrons. The highest BCUT2D eigenvalue weighted by Gasteiger charge is 2.28. The zero-order valence-corrected chi connectivity index (χ0v) is 9.19. The fourth-order valence-electron chi connectivity index (χ4n) is 1.64. The number of hydrogen-bond donors (Lipinski definition) is 0. The molecule has 2 rings (SSSR count). The third kappa shape index (κ3) is 2.19. The number of anilines is 1. The third-order valence-corrected chi connectivity index (χ3v) is 2.76. The summed E-state index contributed by atoms with van der Waals surface area (Å²) in [4.78, 5) is 13.6. The first kappa shape index (κ1) is 10.2. The molecule has 1 aliphatic carbocycles. The van der Waals surface area contributed by atoms with Gasteiger partial charge in [0.15, 0.2) is 5.76 Å². The number of aryl methyl sites for hydroxylation is 1. The summed E-state index contributed by atoms with van der Waals surface area (Å²) in [6, 6.07) is 0. The molecule has 0 aromatic carbocycles. The number of amides is 1. The smallest absolute Gasteiger partial charge is 0.226 e. The van der Waals surface area contributed by atoms with Gasteiger partial charge in [0.2, 0.25) is 5.91 Å². The predicted octanol–water partition coefficient (Wildman–Crippen LogP) is 2.14. The highest BCUT2D eigenvalue weighted by molar-refractivity contribution is 5.93. The van der Waals surface area contributed by atoms with Gasteiger partial charge in [0, 0.05) is 13.0 Å². The number of hydrogen-bond acceptors (Lipinski definition) is 3. The highest BCUT2D eigenvalue weighted by Crippen LogP contribution is 2.32. The summed E-state index contributed by atoms with van der Waals surface area (Å²) < 4.78 is 5.00. The molecule has 4 heteroatoms. The molecule has 1 heterocycles. The molecule has 0 N–H and O–H groups in total. The van der Waals surface area contributed by atoms with Crippen molar-refractivity contribution in [3.63, 3.8) is 0 Å². The van der Waals surface area contributed by atoms with Crippen LogP contribution in [0.15, 0.2) is 10.7 Å². The molecular formula is C11H16N2O2. The Bertz CT molecular complexity index is 355. The Morgan fingerprint density at radius 1 is 1.67 bits per heavy atom. The van der Waals surface area contributed by atoms with Gasteiger partial charge in [-0.25, -0.2) is 0 Å². The van der Waals surface area contributed by atoms with Gasteiger partial charge in [0.05, 0.1) is 6.20 Å². The van der Waals surface area contributed by atoms with Gasteiger partial charge in [-0.05, 0) is 25.7 Å². The van der Waals surface area contributed by atoms with Crippen LogP contribution in [-0.2, 0) is 4.79 Å². The summed E-state index contributed by atoms with van der Waals surface area (Å²) >= 11 is 0. The highest BCUT2D eigenvalue weighted by atomic mass is 16.5. The molecule has 1 aliphatic rings. The Hall–Kier alpha value is -1.32. The Labute approximate surface area is 89.2 Å². The SMILES string of the molecule is CCC(=O)N(CC1CC1)c1cnoc1C. The van der Waals surface area contributed by atoms with Crippen molar-refractivity contribution in [3.8, 4) is 0 Å². The molecular weight excluding hydrogens is 192 g/mol. The molecule has 0 saturated heterocycles. The molecule has 0 aliphatic heterocycles. The summed E-state index contributed by atoms with van der Waals surface area (Å²) in [6.07, 6.45) is 4.62. The van der Waals surface area contributed by atoms with Crippen molar-refractivity contribution < 1.29 is 9.32 Å². The normalized spacial score (nSPS) is 15.3. The monoisotopic (exact) mass is 208 g/mol. The predicted molar refractivity (Wildman–Crippen MR) is 56.6 cm³/mol. The molecule has 0 atom stereocenters. The van der Waals surface area contributed by atoms with E-state index in [1.165, 1.54) is 12.8 Å². The van der Waals surface area contributed by atoms with E-state index in [4.69, 9.17) is 4.52 Å². The lowest BCUT2D eigenvalue weighted by atomic mass is 10.2. The van der Waals surface area contributed by atoms with Gasteiger partial charge in [-0.3, -0.25) is 4.79 Å². The van der Waals surface area contributed by atoms with Crippen molar-refractivity contribution in [1.29, 1.82) is 0 Å². The quantitative estimate of drug-likeness (QED) is 0.761. The van der Waals surface area contributed by atoms with E-state index in [0.29, 0.717) is 12.3 Å². The van der Waals surface area contributed by atoms with Gasteiger partial charge in [0.25, 0.3) is 0 Å². The van der Waals surface area contributed by atoms with Gasteiger partial charge in [-0.2, -0.15) is 0 Å². The summed E-state index contributed by atoms with van der Waals surface area (Å²) in [5, 5.41) is 3.72. The molecule has 1 aromatic heterocycles. The number of rotatable bonds is 4. The molecule has 1 aromatic rings. The zero-order valence-electron chi connectivity index (χ0n) is 9.19. The van der Waals surface area contributed by atoms with Gasteiger partial charge in [-0.1, -0.05) is 12.1 Å². The Morgan fingerprint density at radius 2 is 2.40 bits per heavy atom. The van der Waals surface area contributed by atoms with Crippen LogP contribution in [0.2, 0.25) is 0 Å². The summed E-state index contributed by atoms with van der Waals surface area (Å²) in [6.45, 7) is 4.53. The Morgan fingerprint density at radius 3 is 2.87 bits per heavy atom. The maximum absolute atomic E-state index is 11.8. The minimum absolute atomic E-state index is 0.146. The minimum Gasteiger partial charge on any atom is -0.359 e. The average molecular weight is 208 g/mol. The molecule has 4 nitrogen and oxygen atoms in total. The summed E-state index contributed by atoms with van der Waals surface area (Å²) in [5.41, 5.74) is 0.828. The van der Waals surface area contributed by atoms with E-state index in [1.54, 1.807) is 6.20 Å². The van der Waals surface area contributed by atoms with Gasteiger partial charge in [0.1, 0.15) is 5.69 Å². The second-order valence-corrected chi connectivity index (χ2v) is 4.07. The van der Waals surface area contributed by atoms with E-state index in [2.05, 4.69) is 5.16 Å². The second-order valence-electron chi connectivity index (χ2n) is 4.07. The Kier molecular flexibility index (Phi) is 2.75. The fraction of sp³-hybridized carbons (Fsp3) is 0.636. The lowest BCUT2D eigenvalue weighted by Gasteiger charge is -2.20. The topological polar surface area (TPSA) is 46.3 Å². The molecule has 0 bridgehead atoms. The van der Waals surface area contributed by atoms with Crippen LogP contribution in [0.25, 0.3) is 0 Å². The van der Waals surface area contributed by atoms with Crippen LogP contribution in [0.5, 0.6) is 0 Å². The third-order valence-electron chi connectivity index (χ3n) is 2.76. The molecule has 15 heavy (non-hydrogen) atoms. The lowest BCUT2D eigenvalue weighted by Crippen LogP contribution is -2.32. The van der Waals surface area contributed by atoms with Crippen molar-refractivity contribution >= 4 is 11.6 Å². The van der Waals surface area contributed by atoms with Crippen molar-refractivity contribution in [2.24, 2.45) is 5.92 Å². The van der Waals surface area contributed by atoms with E-state index in [9.17, 15) is 4.79 Å². The van der Waals surface area contributed by atoms with E-state index >= 15 is 0 Å². The van der Waals surface area contributed by atoms with Crippen molar-refractivity contribution in [2.45, 2.75) is 33.1 Å². The largest absolute Gasteiger partial charge is 0.359 e. The lowest BCUT2D eigenvalue weighted by molar-refractivity contribution is -0.118. The standard InChI is InChI=1S/C11H16N2O2/c1-3-11(14)13(7-9-4-5-9)10-6-12-15-8(10)2/h6,9H,3-5,7H2,1-2H3. The molecule has 1 saturated carbocycles.